The average Bonchev–Trinajstić information content (AvgIpc) is 2.54. The summed E-state index contributed by atoms with van der Waals surface area (Å²) in [5, 5.41) is 3.26. The molecule has 2 heteroatoms. The van der Waals surface area contributed by atoms with Crippen LogP contribution in [0.1, 0.15) is 30.5 Å². The van der Waals surface area contributed by atoms with Crippen LogP contribution >= 0.6 is 0 Å². The summed E-state index contributed by atoms with van der Waals surface area (Å²) in [4.78, 5) is 0. The first-order chi connectivity index (χ1) is 9.78. The molecule has 1 aliphatic heterocycles. The average molecular weight is 267 g/mol. The molecule has 0 saturated heterocycles. The van der Waals surface area contributed by atoms with E-state index in [4.69, 9.17) is 4.74 Å². The zero-order chi connectivity index (χ0) is 13.9. The van der Waals surface area contributed by atoms with E-state index >= 15 is 0 Å². The van der Waals surface area contributed by atoms with Crippen molar-refractivity contribution in [1.82, 2.24) is 5.32 Å². The molecule has 0 radical (unpaired) electrons. The van der Waals surface area contributed by atoms with Gasteiger partial charge in [0.2, 0.25) is 0 Å². The number of ether oxygens (including phenoxy) is 1. The van der Waals surface area contributed by atoms with Crippen LogP contribution in [0.5, 0.6) is 5.75 Å². The van der Waals surface area contributed by atoms with Gasteiger partial charge in [-0.15, -0.1) is 0 Å². The van der Waals surface area contributed by atoms with Gasteiger partial charge in [-0.25, -0.2) is 0 Å². The Bertz CT molecular complexity index is 589. The van der Waals surface area contributed by atoms with Crippen LogP contribution in [-0.4, -0.2) is 13.7 Å². The molecule has 1 unspecified atom stereocenters. The van der Waals surface area contributed by atoms with Crippen molar-refractivity contribution in [3.8, 4) is 16.9 Å². The molecular formula is C18H21NO. The summed E-state index contributed by atoms with van der Waals surface area (Å²) in [6.07, 6.45) is 2.24. The monoisotopic (exact) mass is 267 g/mol. The van der Waals surface area contributed by atoms with Crippen LogP contribution in [0.15, 0.2) is 42.5 Å². The van der Waals surface area contributed by atoms with E-state index in [1.54, 1.807) is 0 Å². The minimum atomic E-state index is 0.390. The Morgan fingerprint density at radius 3 is 2.55 bits per heavy atom. The molecule has 3 rings (SSSR count). The summed E-state index contributed by atoms with van der Waals surface area (Å²) in [5.74, 6) is 1.06. The molecule has 2 aromatic rings. The van der Waals surface area contributed by atoms with Gasteiger partial charge in [-0.2, -0.15) is 0 Å². The minimum Gasteiger partial charge on any atom is -0.493 e. The maximum absolute atomic E-state index is 5.67. The molecular weight excluding hydrogens is 246 g/mol. The van der Waals surface area contributed by atoms with E-state index in [2.05, 4.69) is 54.7 Å². The molecule has 2 nitrogen and oxygen atoms in total. The van der Waals surface area contributed by atoms with Crippen molar-refractivity contribution in [2.75, 3.05) is 13.7 Å². The van der Waals surface area contributed by atoms with Crippen LogP contribution in [0.4, 0.5) is 0 Å². The van der Waals surface area contributed by atoms with Crippen molar-refractivity contribution >= 4 is 0 Å². The third kappa shape index (κ3) is 2.56. The van der Waals surface area contributed by atoms with Gasteiger partial charge in [0.15, 0.2) is 0 Å². The number of aryl methyl sites for hydroxylation is 1. The van der Waals surface area contributed by atoms with Crippen molar-refractivity contribution in [1.29, 1.82) is 0 Å². The molecule has 0 amide bonds. The predicted molar refractivity (Wildman–Crippen MR) is 83.2 cm³/mol. The molecule has 1 aliphatic rings. The molecule has 1 atom stereocenters. The van der Waals surface area contributed by atoms with E-state index in [0.29, 0.717) is 6.04 Å². The van der Waals surface area contributed by atoms with Crippen LogP contribution < -0.4 is 10.1 Å². The Kier molecular flexibility index (Phi) is 3.75. The topological polar surface area (TPSA) is 21.3 Å². The normalized spacial score (nSPS) is 15.3. The number of fused-ring (bicyclic) bond motifs is 1. The van der Waals surface area contributed by atoms with Gasteiger partial charge in [0, 0.05) is 6.04 Å². The molecule has 2 aromatic carbocycles. The Balaban J connectivity index is 1.89. The first kappa shape index (κ1) is 13.2. The summed E-state index contributed by atoms with van der Waals surface area (Å²) < 4.78 is 5.67. The van der Waals surface area contributed by atoms with Crippen molar-refractivity contribution < 1.29 is 4.74 Å². The SMILES string of the molecule is CNC(C)c1ccc(-c2ccc3c(c2)CCCO3)cc1. The second-order valence-corrected chi connectivity index (χ2v) is 5.41. The van der Waals surface area contributed by atoms with E-state index in [0.717, 1.165) is 25.2 Å². The van der Waals surface area contributed by atoms with E-state index < -0.39 is 0 Å². The maximum Gasteiger partial charge on any atom is 0.122 e. The summed E-state index contributed by atoms with van der Waals surface area (Å²) in [7, 11) is 1.99. The Labute approximate surface area is 120 Å². The van der Waals surface area contributed by atoms with Crippen molar-refractivity contribution in [2.45, 2.75) is 25.8 Å². The zero-order valence-electron chi connectivity index (χ0n) is 12.1. The number of nitrogens with one attached hydrogen (secondary N) is 1. The van der Waals surface area contributed by atoms with E-state index in [1.807, 2.05) is 7.05 Å². The Hall–Kier alpha value is -1.80. The minimum absolute atomic E-state index is 0.390. The zero-order valence-corrected chi connectivity index (χ0v) is 12.1. The molecule has 0 saturated carbocycles. The molecule has 104 valence electrons. The second kappa shape index (κ2) is 5.68. The van der Waals surface area contributed by atoms with Crippen LogP contribution in [0.25, 0.3) is 11.1 Å². The number of hydrogen-bond donors (Lipinski definition) is 1. The lowest BCUT2D eigenvalue weighted by atomic mass is 9.97. The van der Waals surface area contributed by atoms with Crippen molar-refractivity contribution in [3.05, 3.63) is 53.6 Å². The van der Waals surface area contributed by atoms with Crippen LogP contribution in [0.3, 0.4) is 0 Å². The van der Waals surface area contributed by atoms with Crippen molar-refractivity contribution in [3.63, 3.8) is 0 Å². The number of hydrogen-bond acceptors (Lipinski definition) is 2. The quantitative estimate of drug-likeness (QED) is 0.909. The van der Waals surface area contributed by atoms with Gasteiger partial charge in [-0.1, -0.05) is 30.3 Å². The molecule has 20 heavy (non-hydrogen) atoms. The third-order valence-electron chi connectivity index (χ3n) is 4.09. The van der Waals surface area contributed by atoms with Crippen LogP contribution in [-0.2, 0) is 6.42 Å². The summed E-state index contributed by atoms with van der Waals surface area (Å²) >= 11 is 0. The molecule has 1 N–H and O–H groups in total. The molecule has 0 bridgehead atoms. The highest BCUT2D eigenvalue weighted by Gasteiger charge is 2.11. The van der Waals surface area contributed by atoms with E-state index in [1.165, 1.54) is 22.3 Å². The number of rotatable bonds is 3. The van der Waals surface area contributed by atoms with Gasteiger partial charge >= 0.3 is 0 Å². The van der Waals surface area contributed by atoms with Gasteiger partial charge in [-0.05, 0) is 61.2 Å². The van der Waals surface area contributed by atoms with Gasteiger partial charge in [0.05, 0.1) is 6.61 Å². The van der Waals surface area contributed by atoms with Gasteiger partial charge in [0.1, 0.15) is 5.75 Å². The largest absolute Gasteiger partial charge is 0.493 e. The standard InChI is InChI=1S/C18H21NO/c1-13(19-2)14-5-7-15(8-6-14)16-9-10-18-17(12-16)4-3-11-20-18/h5-10,12-13,19H,3-4,11H2,1-2H3. The molecule has 1 heterocycles. The van der Waals surface area contributed by atoms with Gasteiger partial charge < -0.3 is 10.1 Å². The fourth-order valence-electron chi connectivity index (χ4n) is 2.67. The fraction of sp³-hybridized carbons (Fsp3) is 0.333. The lowest BCUT2D eigenvalue weighted by Crippen LogP contribution is -2.11. The molecule has 0 aliphatic carbocycles. The van der Waals surface area contributed by atoms with Crippen LogP contribution in [0.2, 0.25) is 0 Å². The maximum atomic E-state index is 5.67. The second-order valence-electron chi connectivity index (χ2n) is 5.41. The summed E-state index contributed by atoms with van der Waals surface area (Å²) in [5.41, 5.74) is 5.20. The highest BCUT2D eigenvalue weighted by atomic mass is 16.5. The lowest BCUT2D eigenvalue weighted by molar-refractivity contribution is 0.288. The third-order valence-corrected chi connectivity index (χ3v) is 4.09. The van der Waals surface area contributed by atoms with Crippen molar-refractivity contribution in [2.24, 2.45) is 0 Å². The van der Waals surface area contributed by atoms with Crippen LogP contribution in [0, 0.1) is 0 Å². The first-order valence-electron chi connectivity index (χ1n) is 7.31. The smallest absolute Gasteiger partial charge is 0.122 e. The molecule has 0 spiro atoms. The molecule has 0 fully saturated rings. The summed E-state index contributed by atoms with van der Waals surface area (Å²) in [6.45, 7) is 3.02. The lowest BCUT2D eigenvalue weighted by Gasteiger charge is -2.18. The summed E-state index contributed by atoms with van der Waals surface area (Å²) in [6, 6.07) is 15.7. The fourth-order valence-corrected chi connectivity index (χ4v) is 2.67. The van der Waals surface area contributed by atoms with E-state index in [-0.39, 0.29) is 0 Å². The van der Waals surface area contributed by atoms with E-state index in [9.17, 15) is 0 Å². The highest BCUT2D eigenvalue weighted by molar-refractivity contribution is 5.66. The predicted octanol–water partition coefficient (Wildman–Crippen LogP) is 3.96. The molecule has 0 aromatic heterocycles. The Morgan fingerprint density at radius 1 is 1.05 bits per heavy atom. The van der Waals surface area contributed by atoms with Gasteiger partial charge in [0.25, 0.3) is 0 Å². The number of benzene rings is 2. The Morgan fingerprint density at radius 2 is 1.80 bits per heavy atom. The van der Waals surface area contributed by atoms with Gasteiger partial charge in [-0.3, -0.25) is 0 Å². The highest BCUT2D eigenvalue weighted by Crippen LogP contribution is 2.30. The first-order valence-corrected chi connectivity index (χ1v) is 7.31.